The molecule has 2 aromatic carbocycles. The predicted molar refractivity (Wildman–Crippen MR) is 106 cm³/mol. The number of aliphatic imine (C=N–C) groups is 1. The van der Waals surface area contributed by atoms with Gasteiger partial charge >= 0.3 is 0 Å². The second-order valence-electron chi connectivity index (χ2n) is 6.25. The van der Waals surface area contributed by atoms with E-state index in [-0.39, 0.29) is 21.3 Å². The van der Waals surface area contributed by atoms with Crippen molar-refractivity contribution in [3.63, 3.8) is 0 Å². The molecule has 3 rings (SSSR count). The van der Waals surface area contributed by atoms with E-state index >= 15 is 0 Å². The van der Waals surface area contributed by atoms with Gasteiger partial charge in [0.05, 0.1) is 15.5 Å². The topological polar surface area (TPSA) is 122 Å². The van der Waals surface area contributed by atoms with Crippen LogP contribution in [0.5, 0.6) is 0 Å². The molecule has 1 aliphatic heterocycles. The van der Waals surface area contributed by atoms with Crippen molar-refractivity contribution < 1.29 is 21.6 Å². The van der Waals surface area contributed by atoms with E-state index in [1.54, 1.807) is 0 Å². The van der Waals surface area contributed by atoms with E-state index < -0.39 is 20.0 Å². The Bertz CT molecular complexity index is 1140. The minimum Gasteiger partial charge on any atom is -0.295 e. The highest BCUT2D eigenvalue weighted by molar-refractivity contribution is 7.92. The van der Waals surface area contributed by atoms with Gasteiger partial charge in [0.2, 0.25) is 0 Å². The van der Waals surface area contributed by atoms with Gasteiger partial charge in [-0.3, -0.25) is 19.2 Å². The van der Waals surface area contributed by atoms with Crippen molar-refractivity contribution in [1.82, 2.24) is 4.72 Å². The second kappa shape index (κ2) is 7.72. The molecule has 0 atom stereocenters. The maximum absolute atomic E-state index is 12.5. The van der Waals surface area contributed by atoms with Gasteiger partial charge < -0.3 is 0 Å². The number of sulfonamides is 2. The Labute approximate surface area is 163 Å². The third-order valence-corrected chi connectivity index (χ3v) is 6.87. The highest BCUT2D eigenvalue weighted by atomic mass is 32.2. The van der Waals surface area contributed by atoms with Crippen LogP contribution in [0.25, 0.3) is 0 Å². The van der Waals surface area contributed by atoms with E-state index in [9.17, 15) is 21.6 Å². The van der Waals surface area contributed by atoms with Gasteiger partial charge in [-0.25, -0.2) is 16.8 Å². The molecule has 8 nitrogen and oxygen atoms in total. The summed E-state index contributed by atoms with van der Waals surface area (Å²) in [5.41, 5.74) is 0.500. The van der Waals surface area contributed by atoms with E-state index in [2.05, 4.69) is 14.4 Å². The van der Waals surface area contributed by atoms with Gasteiger partial charge in [-0.05, 0) is 43.7 Å². The summed E-state index contributed by atoms with van der Waals surface area (Å²) in [6.07, 6.45) is 1.35. The number of rotatable bonds is 6. The van der Waals surface area contributed by atoms with Crippen molar-refractivity contribution in [3.8, 4) is 0 Å². The molecule has 28 heavy (non-hydrogen) atoms. The Morgan fingerprint density at radius 2 is 1.61 bits per heavy atom. The number of carbonyl (C=O) groups excluding carboxylic acids is 1. The van der Waals surface area contributed by atoms with Crippen molar-refractivity contribution in [3.05, 3.63) is 54.1 Å². The predicted octanol–water partition coefficient (Wildman–Crippen LogP) is 2.16. The van der Waals surface area contributed by atoms with Crippen LogP contribution in [0.2, 0.25) is 0 Å². The number of ketones is 1. The number of amidine groups is 1. The minimum absolute atomic E-state index is 0.0378. The first kappa shape index (κ1) is 20.0. The smallest absolute Gasteiger partial charge is 0.262 e. The average Bonchev–Trinajstić information content (AvgIpc) is 3.14. The third-order valence-electron chi connectivity index (χ3n) is 4.09. The number of nitrogens with one attached hydrogen (secondary N) is 2. The maximum atomic E-state index is 12.5. The van der Waals surface area contributed by atoms with Gasteiger partial charge in [0.15, 0.2) is 5.78 Å². The zero-order chi connectivity index (χ0) is 20.4. The Balaban J connectivity index is 1.82. The van der Waals surface area contributed by atoms with Crippen LogP contribution in [0.4, 0.5) is 5.69 Å². The standard InChI is InChI=1S/C18H19N3O5S2/c1-13(22)14-7-9-16(10-8-14)27(23,24)20-15-4-2-5-17(12-15)28(25,26)21-18-6-3-11-19-18/h2,4-5,7-10,12,20H,3,6,11H2,1H3,(H,19,21). The van der Waals surface area contributed by atoms with E-state index in [1.807, 2.05) is 0 Å². The van der Waals surface area contributed by atoms with Crippen LogP contribution >= 0.6 is 0 Å². The van der Waals surface area contributed by atoms with Crippen molar-refractivity contribution in [2.75, 3.05) is 11.3 Å². The molecular weight excluding hydrogens is 402 g/mol. The Morgan fingerprint density at radius 1 is 0.929 bits per heavy atom. The van der Waals surface area contributed by atoms with Crippen LogP contribution in [-0.4, -0.2) is 35.0 Å². The van der Waals surface area contributed by atoms with Crippen LogP contribution in [-0.2, 0) is 20.0 Å². The molecule has 0 aromatic heterocycles. The SMILES string of the molecule is CC(=O)c1ccc(S(=O)(=O)Nc2cccc(S(=O)(=O)NC3=NCCC3)c2)cc1. The molecule has 0 saturated heterocycles. The Hall–Kier alpha value is -2.72. The fraction of sp³-hybridized carbons (Fsp3) is 0.222. The highest BCUT2D eigenvalue weighted by Crippen LogP contribution is 2.20. The minimum atomic E-state index is -3.94. The number of Topliss-reactive ketones (excluding diaryl/α,β-unsaturated/α-hetero) is 1. The normalized spacial score (nSPS) is 14.4. The van der Waals surface area contributed by atoms with E-state index in [1.165, 1.54) is 55.5 Å². The molecule has 0 amide bonds. The lowest BCUT2D eigenvalue weighted by Gasteiger charge is -2.11. The molecule has 0 spiro atoms. The number of hydrogen-bond acceptors (Lipinski definition) is 6. The van der Waals surface area contributed by atoms with Crippen LogP contribution in [0.3, 0.4) is 0 Å². The molecule has 1 aliphatic rings. The molecule has 0 fully saturated rings. The van der Waals surface area contributed by atoms with Gasteiger partial charge in [-0.2, -0.15) is 0 Å². The molecule has 1 heterocycles. The summed E-state index contributed by atoms with van der Waals surface area (Å²) in [6, 6.07) is 11.0. The largest absolute Gasteiger partial charge is 0.295 e. The first-order valence-electron chi connectivity index (χ1n) is 8.47. The highest BCUT2D eigenvalue weighted by Gasteiger charge is 2.20. The molecule has 148 valence electrons. The third kappa shape index (κ3) is 4.57. The first-order valence-corrected chi connectivity index (χ1v) is 11.4. The maximum Gasteiger partial charge on any atom is 0.262 e. The quantitative estimate of drug-likeness (QED) is 0.692. The fourth-order valence-electron chi connectivity index (χ4n) is 2.65. The molecule has 2 aromatic rings. The lowest BCUT2D eigenvalue weighted by atomic mass is 10.2. The molecule has 0 unspecified atom stereocenters. The average molecular weight is 422 g/mol. The molecule has 0 radical (unpaired) electrons. The van der Waals surface area contributed by atoms with Gasteiger partial charge in [0.1, 0.15) is 5.84 Å². The van der Waals surface area contributed by atoms with Crippen LogP contribution < -0.4 is 9.44 Å². The summed E-state index contributed by atoms with van der Waals surface area (Å²) < 4.78 is 54.8. The summed E-state index contributed by atoms with van der Waals surface area (Å²) in [5.74, 6) is 0.228. The van der Waals surface area contributed by atoms with Crippen molar-refractivity contribution in [2.24, 2.45) is 4.99 Å². The number of carbonyl (C=O) groups is 1. The van der Waals surface area contributed by atoms with Crippen molar-refractivity contribution >= 4 is 37.4 Å². The Kier molecular flexibility index (Phi) is 5.52. The van der Waals surface area contributed by atoms with Crippen LogP contribution in [0.1, 0.15) is 30.1 Å². The van der Waals surface area contributed by atoms with Gasteiger partial charge in [-0.1, -0.05) is 18.2 Å². The molecular formula is C18H19N3O5S2. The lowest BCUT2D eigenvalue weighted by molar-refractivity contribution is 0.101. The number of anilines is 1. The van der Waals surface area contributed by atoms with E-state index in [0.29, 0.717) is 24.4 Å². The number of benzene rings is 2. The number of nitrogens with zero attached hydrogens (tertiary/aromatic N) is 1. The van der Waals surface area contributed by atoms with Crippen LogP contribution in [0.15, 0.2) is 63.3 Å². The fourth-order valence-corrected chi connectivity index (χ4v) is 4.83. The zero-order valence-electron chi connectivity index (χ0n) is 15.0. The first-order chi connectivity index (χ1) is 13.2. The molecule has 10 heteroatoms. The molecule has 0 bridgehead atoms. The summed E-state index contributed by atoms with van der Waals surface area (Å²) in [6.45, 7) is 1.97. The van der Waals surface area contributed by atoms with Crippen LogP contribution in [0, 0.1) is 0 Å². The van der Waals surface area contributed by atoms with Crippen molar-refractivity contribution in [1.29, 1.82) is 0 Å². The summed E-state index contributed by atoms with van der Waals surface area (Å²) in [4.78, 5) is 15.3. The summed E-state index contributed by atoms with van der Waals surface area (Å²) in [5, 5.41) is 0. The van der Waals surface area contributed by atoms with E-state index in [4.69, 9.17) is 0 Å². The van der Waals surface area contributed by atoms with Crippen molar-refractivity contribution in [2.45, 2.75) is 29.6 Å². The summed E-state index contributed by atoms with van der Waals surface area (Å²) in [7, 11) is -7.80. The van der Waals surface area contributed by atoms with Gasteiger partial charge in [-0.15, -0.1) is 0 Å². The van der Waals surface area contributed by atoms with Gasteiger partial charge in [0.25, 0.3) is 20.0 Å². The Morgan fingerprint density at radius 3 is 2.21 bits per heavy atom. The van der Waals surface area contributed by atoms with E-state index in [0.717, 1.165) is 6.42 Å². The van der Waals surface area contributed by atoms with Gasteiger partial charge in [0, 0.05) is 18.5 Å². The monoisotopic (exact) mass is 421 g/mol. The number of hydrogen-bond donors (Lipinski definition) is 2. The molecule has 0 saturated carbocycles. The molecule has 2 N–H and O–H groups in total. The zero-order valence-corrected chi connectivity index (χ0v) is 16.7. The molecule has 0 aliphatic carbocycles. The second-order valence-corrected chi connectivity index (χ2v) is 9.62. The summed E-state index contributed by atoms with van der Waals surface area (Å²) >= 11 is 0. The lowest BCUT2D eigenvalue weighted by Crippen LogP contribution is -2.29.